The standard InChI is InChI=1S/C9H13N3O3/c1-12(7-3-2-4-11-7)9(15)6(10)5-8(13)14/h2-4,6,11H,5,10H2,1H3,(H,13,14). The van der Waals surface area contributed by atoms with Crippen LogP contribution in [0.4, 0.5) is 5.82 Å². The largest absolute Gasteiger partial charge is 0.481 e. The van der Waals surface area contributed by atoms with Crippen LogP contribution in [0.15, 0.2) is 18.3 Å². The zero-order valence-electron chi connectivity index (χ0n) is 8.30. The Morgan fingerprint density at radius 2 is 2.33 bits per heavy atom. The lowest BCUT2D eigenvalue weighted by Gasteiger charge is -2.18. The van der Waals surface area contributed by atoms with Crippen molar-refractivity contribution in [3.63, 3.8) is 0 Å². The minimum Gasteiger partial charge on any atom is -0.481 e. The van der Waals surface area contributed by atoms with Crippen molar-refractivity contribution in [2.24, 2.45) is 5.73 Å². The van der Waals surface area contributed by atoms with Crippen molar-refractivity contribution in [2.75, 3.05) is 11.9 Å². The number of nitrogens with two attached hydrogens (primary N) is 1. The number of carboxylic acid groups (broad SMARTS) is 1. The molecule has 1 amide bonds. The van der Waals surface area contributed by atoms with E-state index in [9.17, 15) is 9.59 Å². The maximum absolute atomic E-state index is 11.6. The summed E-state index contributed by atoms with van der Waals surface area (Å²) in [5, 5.41) is 8.49. The SMILES string of the molecule is CN(C(=O)C(N)CC(=O)O)c1ccc[nH]1. The Hall–Kier alpha value is -1.82. The number of carbonyl (C=O) groups is 2. The molecule has 0 radical (unpaired) electrons. The molecule has 0 bridgehead atoms. The normalized spacial score (nSPS) is 12.1. The average molecular weight is 211 g/mol. The Balaban J connectivity index is 2.64. The number of hydrogen-bond acceptors (Lipinski definition) is 3. The predicted octanol–water partition coefficient (Wildman–Crippen LogP) is -0.221. The Labute approximate surface area is 86.7 Å². The summed E-state index contributed by atoms with van der Waals surface area (Å²) >= 11 is 0. The van der Waals surface area contributed by atoms with Gasteiger partial charge in [-0.1, -0.05) is 0 Å². The lowest BCUT2D eigenvalue weighted by molar-refractivity contribution is -0.139. The fourth-order valence-electron chi connectivity index (χ4n) is 1.17. The number of aliphatic carboxylic acids is 1. The molecule has 0 aromatic carbocycles. The van der Waals surface area contributed by atoms with Gasteiger partial charge in [-0.3, -0.25) is 9.59 Å². The van der Waals surface area contributed by atoms with Gasteiger partial charge in [0.25, 0.3) is 0 Å². The first kappa shape index (κ1) is 11.3. The van der Waals surface area contributed by atoms with Crippen LogP contribution in [0, 0.1) is 0 Å². The second-order valence-electron chi connectivity index (χ2n) is 3.16. The van der Waals surface area contributed by atoms with E-state index in [0.717, 1.165) is 0 Å². The summed E-state index contributed by atoms with van der Waals surface area (Å²) in [5.74, 6) is -0.934. The third kappa shape index (κ3) is 2.81. The topological polar surface area (TPSA) is 99.4 Å². The fraction of sp³-hybridized carbons (Fsp3) is 0.333. The number of aromatic amines is 1. The van der Waals surface area contributed by atoms with Gasteiger partial charge in [0.15, 0.2) is 0 Å². The summed E-state index contributed by atoms with van der Waals surface area (Å²) in [6.07, 6.45) is 1.30. The summed E-state index contributed by atoms with van der Waals surface area (Å²) in [4.78, 5) is 26.1. The van der Waals surface area contributed by atoms with E-state index in [0.29, 0.717) is 5.82 Å². The van der Waals surface area contributed by atoms with E-state index < -0.39 is 17.9 Å². The Morgan fingerprint density at radius 3 is 2.80 bits per heavy atom. The van der Waals surface area contributed by atoms with Gasteiger partial charge in [-0.2, -0.15) is 0 Å². The minimum atomic E-state index is -1.09. The lowest BCUT2D eigenvalue weighted by atomic mass is 10.2. The molecule has 0 aliphatic rings. The third-order valence-corrected chi connectivity index (χ3v) is 1.99. The van der Waals surface area contributed by atoms with Gasteiger partial charge in [0.05, 0.1) is 12.5 Å². The monoisotopic (exact) mass is 211 g/mol. The van der Waals surface area contributed by atoms with Crippen molar-refractivity contribution in [1.82, 2.24) is 4.98 Å². The molecule has 1 unspecified atom stereocenters. The molecule has 0 aliphatic heterocycles. The molecule has 82 valence electrons. The minimum absolute atomic E-state index is 0.371. The molecular weight excluding hydrogens is 198 g/mol. The van der Waals surface area contributed by atoms with Gasteiger partial charge in [0, 0.05) is 13.2 Å². The maximum Gasteiger partial charge on any atom is 0.305 e. The zero-order valence-corrected chi connectivity index (χ0v) is 8.30. The van der Waals surface area contributed by atoms with Gasteiger partial charge in [0.1, 0.15) is 5.82 Å². The molecule has 4 N–H and O–H groups in total. The number of likely N-dealkylation sites (N-methyl/N-ethyl adjacent to an activating group) is 1. The van der Waals surface area contributed by atoms with E-state index in [1.807, 2.05) is 0 Å². The first-order valence-corrected chi connectivity index (χ1v) is 4.40. The van der Waals surface area contributed by atoms with Crippen molar-refractivity contribution < 1.29 is 14.7 Å². The van der Waals surface area contributed by atoms with Gasteiger partial charge in [-0.15, -0.1) is 0 Å². The summed E-state index contributed by atoms with van der Waals surface area (Å²) in [6, 6.07) is 2.42. The van der Waals surface area contributed by atoms with E-state index in [1.54, 1.807) is 18.3 Å². The summed E-state index contributed by atoms with van der Waals surface area (Å²) in [7, 11) is 1.54. The second kappa shape index (κ2) is 4.61. The van der Waals surface area contributed by atoms with Crippen LogP contribution in [0.2, 0.25) is 0 Å². The number of H-pyrrole nitrogens is 1. The molecule has 6 heteroatoms. The Bertz CT molecular complexity index is 347. The molecule has 0 fully saturated rings. The lowest BCUT2D eigenvalue weighted by Crippen LogP contribution is -2.43. The first-order valence-electron chi connectivity index (χ1n) is 4.40. The van der Waals surface area contributed by atoms with E-state index in [4.69, 9.17) is 10.8 Å². The van der Waals surface area contributed by atoms with Gasteiger partial charge >= 0.3 is 5.97 Å². The maximum atomic E-state index is 11.6. The van der Waals surface area contributed by atoms with E-state index in [-0.39, 0.29) is 6.42 Å². The van der Waals surface area contributed by atoms with Crippen molar-refractivity contribution in [3.05, 3.63) is 18.3 Å². The van der Waals surface area contributed by atoms with Crippen LogP contribution in [0.1, 0.15) is 6.42 Å². The van der Waals surface area contributed by atoms with Crippen molar-refractivity contribution >= 4 is 17.7 Å². The molecule has 6 nitrogen and oxygen atoms in total. The molecule has 1 heterocycles. The highest BCUT2D eigenvalue weighted by Crippen LogP contribution is 2.09. The molecule has 0 spiro atoms. The quantitative estimate of drug-likeness (QED) is 0.641. The zero-order chi connectivity index (χ0) is 11.4. The van der Waals surface area contributed by atoms with Gasteiger partial charge in [0.2, 0.25) is 5.91 Å². The number of aromatic nitrogens is 1. The molecule has 1 aromatic rings. The average Bonchev–Trinajstić information content (AvgIpc) is 2.67. The van der Waals surface area contributed by atoms with Gasteiger partial charge in [-0.05, 0) is 12.1 Å². The number of hydrogen-bond donors (Lipinski definition) is 3. The number of nitrogens with zero attached hydrogens (tertiary/aromatic N) is 1. The summed E-state index contributed by atoms with van der Waals surface area (Å²) < 4.78 is 0. The number of carbonyl (C=O) groups excluding carboxylic acids is 1. The Kier molecular flexibility index (Phi) is 3.46. The van der Waals surface area contributed by atoms with Gasteiger partial charge < -0.3 is 20.7 Å². The van der Waals surface area contributed by atoms with E-state index in [2.05, 4.69) is 4.98 Å². The van der Waals surface area contributed by atoms with Gasteiger partial charge in [-0.25, -0.2) is 0 Å². The van der Waals surface area contributed by atoms with Crippen LogP contribution in [0.3, 0.4) is 0 Å². The highest BCUT2D eigenvalue weighted by molar-refractivity contribution is 5.97. The first-order chi connectivity index (χ1) is 7.02. The van der Waals surface area contributed by atoms with Crippen LogP contribution in [-0.2, 0) is 9.59 Å². The molecule has 0 aliphatic carbocycles. The smallest absolute Gasteiger partial charge is 0.305 e. The number of rotatable bonds is 4. The molecule has 0 saturated carbocycles. The molecular formula is C9H13N3O3. The molecule has 1 rings (SSSR count). The van der Waals surface area contributed by atoms with Crippen LogP contribution < -0.4 is 10.6 Å². The highest BCUT2D eigenvalue weighted by Gasteiger charge is 2.21. The molecule has 1 atom stereocenters. The summed E-state index contributed by atoms with van der Waals surface area (Å²) in [6.45, 7) is 0. The van der Waals surface area contributed by atoms with Crippen LogP contribution >= 0.6 is 0 Å². The van der Waals surface area contributed by atoms with Crippen LogP contribution in [0.25, 0.3) is 0 Å². The highest BCUT2D eigenvalue weighted by atomic mass is 16.4. The van der Waals surface area contributed by atoms with Crippen molar-refractivity contribution in [2.45, 2.75) is 12.5 Å². The number of anilines is 1. The second-order valence-corrected chi connectivity index (χ2v) is 3.16. The molecule has 15 heavy (non-hydrogen) atoms. The predicted molar refractivity (Wildman–Crippen MR) is 54.4 cm³/mol. The third-order valence-electron chi connectivity index (χ3n) is 1.99. The van der Waals surface area contributed by atoms with Crippen molar-refractivity contribution in [3.8, 4) is 0 Å². The number of nitrogens with one attached hydrogen (secondary N) is 1. The summed E-state index contributed by atoms with van der Waals surface area (Å²) in [5.41, 5.74) is 5.44. The van der Waals surface area contributed by atoms with E-state index >= 15 is 0 Å². The number of amides is 1. The fourth-order valence-corrected chi connectivity index (χ4v) is 1.17. The van der Waals surface area contributed by atoms with Crippen LogP contribution in [0.5, 0.6) is 0 Å². The number of carboxylic acids is 1. The Morgan fingerprint density at radius 1 is 1.67 bits per heavy atom. The molecule has 0 saturated heterocycles. The molecule has 1 aromatic heterocycles. The van der Waals surface area contributed by atoms with E-state index in [1.165, 1.54) is 11.9 Å². The van der Waals surface area contributed by atoms with Crippen molar-refractivity contribution in [1.29, 1.82) is 0 Å². The van der Waals surface area contributed by atoms with Crippen LogP contribution in [-0.4, -0.2) is 35.1 Å².